The third-order valence-electron chi connectivity index (χ3n) is 3.64. The normalized spacial score (nSPS) is 17.9. The topological polar surface area (TPSA) is 44.7 Å². The number of aliphatic hydroxyl groups is 1. The molecule has 2 N–H and O–H groups in total. The number of likely N-dealkylation sites (tertiary alicyclic amines) is 1. The van der Waals surface area contributed by atoms with E-state index < -0.39 is 6.10 Å². The number of ether oxygens (including phenoxy) is 1. The SMILES string of the molecule is CNCc1cccc(OCC(O)CN2CCCCC2)c1. The molecule has 1 fully saturated rings. The van der Waals surface area contributed by atoms with Crippen molar-refractivity contribution in [2.45, 2.75) is 31.9 Å². The van der Waals surface area contributed by atoms with Gasteiger partial charge in [0.15, 0.2) is 0 Å². The van der Waals surface area contributed by atoms with Crippen LogP contribution in [0.25, 0.3) is 0 Å². The number of hydrogen-bond acceptors (Lipinski definition) is 4. The predicted molar refractivity (Wildman–Crippen MR) is 81.0 cm³/mol. The van der Waals surface area contributed by atoms with Gasteiger partial charge in [-0.25, -0.2) is 0 Å². The van der Waals surface area contributed by atoms with E-state index in [1.54, 1.807) is 0 Å². The molecular weight excluding hydrogens is 252 g/mol. The Morgan fingerprint density at radius 3 is 2.85 bits per heavy atom. The van der Waals surface area contributed by atoms with E-state index >= 15 is 0 Å². The lowest BCUT2D eigenvalue weighted by Gasteiger charge is -2.28. The molecule has 20 heavy (non-hydrogen) atoms. The second kappa shape index (κ2) is 8.25. The van der Waals surface area contributed by atoms with Gasteiger partial charge in [0.1, 0.15) is 18.5 Å². The summed E-state index contributed by atoms with van der Waals surface area (Å²) in [5, 5.41) is 13.2. The van der Waals surface area contributed by atoms with E-state index in [9.17, 15) is 5.11 Å². The maximum atomic E-state index is 10.1. The molecule has 4 heteroatoms. The lowest BCUT2D eigenvalue weighted by Crippen LogP contribution is -2.38. The molecule has 1 unspecified atom stereocenters. The summed E-state index contributed by atoms with van der Waals surface area (Å²) in [5.74, 6) is 0.829. The summed E-state index contributed by atoms with van der Waals surface area (Å²) < 4.78 is 5.69. The summed E-state index contributed by atoms with van der Waals surface area (Å²) in [7, 11) is 1.93. The molecule has 1 saturated heterocycles. The first-order valence-electron chi connectivity index (χ1n) is 7.54. The quantitative estimate of drug-likeness (QED) is 0.796. The number of aliphatic hydroxyl groups excluding tert-OH is 1. The molecule has 0 aliphatic carbocycles. The van der Waals surface area contributed by atoms with Gasteiger partial charge in [-0.1, -0.05) is 18.6 Å². The molecule has 4 nitrogen and oxygen atoms in total. The first-order chi connectivity index (χ1) is 9.78. The molecule has 1 aromatic carbocycles. The van der Waals surface area contributed by atoms with Crippen LogP contribution in [0, 0.1) is 0 Å². The Balaban J connectivity index is 1.74. The van der Waals surface area contributed by atoms with E-state index in [1.807, 2.05) is 25.2 Å². The Bertz CT molecular complexity index is 392. The van der Waals surface area contributed by atoms with E-state index in [-0.39, 0.29) is 0 Å². The minimum atomic E-state index is -0.416. The highest BCUT2D eigenvalue weighted by Crippen LogP contribution is 2.14. The maximum Gasteiger partial charge on any atom is 0.119 e. The molecule has 2 rings (SSSR count). The van der Waals surface area contributed by atoms with Gasteiger partial charge in [0.25, 0.3) is 0 Å². The van der Waals surface area contributed by atoms with Gasteiger partial charge in [0.2, 0.25) is 0 Å². The van der Waals surface area contributed by atoms with Crippen molar-refractivity contribution in [1.29, 1.82) is 0 Å². The van der Waals surface area contributed by atoms with Gasteiger partial charge in [-0.2, -0.15) is 0 Å². The molecule has 0 saturated carbocycles. The van der Waals surface area contributed by atoms with Gasteiger partial charge >= 0.3 is 0 Å². The van der Waals surface area contributed by atoms with Crippen molar-refractivity contribution in [3.05, 3.63) is 29.8 Å². The molecule has 1 aliphatic rings. The second-order valence-corrected chi connectivity index (χ2v) is 5.50. The average Bonchev–Trinajstić information content (AvgIpc) is 2.47. The van der Waals surface area contributed by atoms with Gasteiger partial charge in [-0.05, 0) is 50.7 Å². The van der Waals surface area contributed by atoms with E-state index in [0.717, 1.165) is 31.9 Å². The fraction of sp³-hybridized carbons (Fsp3) is 0.625. The molecule has 1 aromatic rings. The molecule has 0 amide bonds. The highest BCUT2D eigenvalue weighted by atomic mass is 16.5. The third-order valence-corrected chi connectivity index (χ3v) is 3.64. The van der Waals surface area contributed by atoms with Crippen LogP contribution in [-0.4, -0.2) is 49.4 Å². The van der Waals surface area contributed by atoms with Crippen LogP contribution in [0.2, 0.25) is 0 Å². The fourth-order valence-corrected chi connectivity index (χ4v) is 2.63. The summed E-state index contributed by atoms with van der Waals surface area (Å²) in [6.07, 6.45) is 3.40. The van der Waals surface area contributed by atoms with Crippen LogP contribution in [0.15, 0.2) is 24.3 Å². The van der Waals surface area contributed by atoms with E-state index in [1.165, 1.54) is 24.8 Å². The van der Waals surface area contributed by atoms with Crippen LogP contribution in [0.3, 0.4) is 0 Å². The Morgan fingerprint density at radius 2 is 2.10 bits per heavy atom. The van der Waals surface area contributed by atoms with Crippen LogP contribution in [-0.2, 0) is 6.54 Å². The number of hydrogen-bond donors (Lipinski definition) is 2. The zero-order chi connectivity index (χ0) is 14.2. The molecule has 0 radical (unpaired) electrons. The summed E-state index contributed by atoms with van der Waals surface area (Å²) in [4.78, 5) is 2.33. The van der Waals surface area contributed by atoms with Crippen LogP contribution in [0.4, 0.5) is 0 Å². The Morgan fingerprint density at radius 1 is 1.30 bits per heavy atom. The molecule has 0 bridgehead atoms. The number of β-amino-alcohol motifs (C(OH)–C–C–N with tert-alkyl or cyclic N) is 1. The molecule has 1 atom stereocenters. The van der Waals surface area contributed by atoms with Gasteiger partial charge in [0.05, 0.1) is 0 Å². The Labute approximate surface area is 121 Å². The predicted octanol–water partition coefficient (Wildman–Crippen LogP) is 1.63. The van der Waals surface area contributed by atoms with Crippen molar-refractivity contribution < 1.29 is 9.84 Å². The van der Waals surface area contributed by atoms with Crippen LogP contribution in [0.1, 0.15) is 24.8 Å². The third kappa shape index (κ3) is 5.12. The number of nitrogens with zero attached hydrogens (tertiary/aromatic N) is 1. The highest BCUT2D eigenvalue weighted by molar-refractivity contribution is 5.28. The summed E-state index contributed by atoms with van der Waals surface area (Å²) in [6, 6.07) is 8.00. The monoisotopic (exact) mass is 278 g/mol. The molecule has 0 spiro atoms. The van der Waals surface area contributed by atoms with E-state index in [2.05, 4.69) is 16.3 Å². The maximum absolute atomic E-state index is 10.1. The van der Waals surface area contributed by atoms with Crippen LogP contribution < -0.4 is 10.1 Å². The van der Waals surface area contributed by atoms with Crippen molar-refractivity contribution in [2.75, 3.05) is 33.3 Å². The van der Waals surface area contributed by atoms with E-state index in [4.69, 9.17) is 4.74 Å². The van der Waals surface area contributed by atoms with Crippen molar-refractivity contribution >= 4 is 0 Å². The Hall–Kier alpha value is -1.10. The fourth-order valence-electron chi connectivity index (χ4n) is 2.63. The van der Waals surface area contributed by atoms with Gasteiger partial charge in [-0.3, -0.25) is 0 Å². The first-order valence-corrected chi connectivity index (χ1v) is 7.54. The minimum Gasteiger partial charge on any atom is -0.491 e. The number of benzene rings is 1. The van der Waals surface area contributed by atoms with Crippen LogP contribution >= 0.6 is 0 Å². The molecule has 112 valence electrons. The largest absolute Gasteiger partial charge is 0.491 e. The highest BCUT2D eigenvalue weighted by Gasteiger charge is 2.14. The first kappa shape index (κ1) is 15.3. The summed E-state index contributed by atoms with van der Waals surface area (Å²) >= 11 is 0. The van der Waals surface area contributed by atoms with E-state index in [0.29, 0.717) is 6.61 Å². The molecule has 1 heterocycles. The Kier molecular flexibility index (Phi) is 6.30. The number of piperidine rings is 1. The molecule has 0 aromatic heterocycles. The van der Waals surface area contributed by atoms with Crippen molar-refractivity contribution in [3.8, 4) is 5.75 Å². The lowest BCUT2D eigenvalue weighted by molar-refractivity contribution is 0.0617. The average molecular weight is 278 g/mol. The molecule has 1 aliphatic heterocycles. The van der Waals surface area contributed by atoms with Gasteiger partial charge in [0, 0.05) is 13.1 Å². The minimum absolute atomic E-state index is 0.361. The molecular formula is C16H26N2O2. The smallest absolute Gasteiger partial charge is 0.119 e. The zero-order valence-electron chi connectivity index (χ0n) is 12.3. The lowest BCUT2D eigenvalue weighted by atomic mass is 10.1. The van der Waals surface area contributed by atoms with Crippen molar-refractivity contribution in [1.82, 2.24) is 10.2 Å². The number of rotatable bonds is 7. The number of nitrogens with one attached hydrogen (secondary N) is 1. The van der Waals surface area contributed by atoms with Crippen molar-refractivity contribution in [3.63, 3.8) is 0 Å². The summed E-state index contributed by atoms with van der Waals surface area (Å²) in [6.45, 7) is 4.12. The van der Waals surface area contributed by atoms with Crippen molar-refractivity contribution in [2.24, 2.45) is 0 Å². The second-order valence-electron chi connectivity index (χ2n) is 5.50. The van der Waals surface area contributed by atoms with Crippen LogP contribution in [0.5, 0.6) is 5.75 Å². The standard InChI is InChI=1S/C16H26N2O2/c1-17-11-14-6-5-7-16(10-14)20-13-15(19)12-18-8-3-2-4-9-18/h5-7,10,15,17,19H,2-4,8-9,11-13H2,1H3. The van der Waals surface area contributed by atoms with Gasteiger partial charge in [-0.15, -0.1) is 0 Å². The summed E-state index contributed by atoms with van der Waals surface area (Å²) in [5.41, 5.74) is 1.19. The van der Waals surface area contributed by atoms with Gasteiger partial charge < -0.3 is 20.1 Å². The zero-order valence-corrected chi connectivity index (χ0v) is 12.3.